The minimum Gasteiger partial charge on any atom is -0.306 e. The van der Waals surface area contributed by atoms with E-state index in [4.69, 9.17) is 0 Å². The Kier molecular flexibility index (Phi) is 2.36. The Morgan fingerprint density at radius 1 is 1.15 bits per heavy atom. The number of benzene rings is 1. The van der Waals surface area contributed by atoms with Crippen LogP contribution in [-0.2, 0) is 12.8 Å². The van der Waals surface area contributed by atoms with Gasteiger partial charge >= 0.3 is 0 Å². The third-order valence-electron chi connectivity index (χ3n) is 3.05. The molecule has 0 heterocycles. The summed E-state index contributed by atoms with van der Waals surface area (Å²) in [5, 5.41) is 0. The van der Waals surface area contributed by atoms with Crippen LogP contribution in [0.2, 0.25) is 0 Å². The summed E-state index contributed by atoms with van der Waals surface area (Å²) in [6.45, 7) is 0. The van der Waals surface area contributed by atoms with E-state index in [0.29, 0.717) is 0 Å². The maximum absolute atomic E-state index is 2.34. The van der Waals surface area contributed by atoms with Crippen LogP contribution in [-0.4, -0.2) is 25.0 Å². The van der Waals surface area contributed by atoms with Crippen LogP contribution in [0.15, 0.2) is 24.3 Å². The largest absolute Gasteiger partial charge is 0.306 e. The Hall–Kier alpha value is -0.820. The molecule has 13 heavy (non-hydrogen) atoms. The van der Waals surface area contributed by atoms with Crippen LogP contribution < -0.4 is 0 Å². The summed E-state index contributed by atoms with van der Waals surface area (Å²) in [6, 6.07) is 9.58. The van der Waals surface area contributed by atoms with E-state index < -0.39 is 0 Å². The number of fused-ring (bicyclic) bond motifs is 1. The number of nitrogens with zero attached hydrogens (tertiary/aromatic N) is 1. The fourth-order valence-corrected chi connectivity index (χ4v) is 2.12. The van der Waals surface area contributed by atoms with E-state index in [-0.39, 0.29) is 0 Å². The van der Waals surface area contributed by atoms with Gasteiger partial charge < -0.3 is 4.90 Å². The fourth-order valence-electron chi connectivity index (χ4n) is 2.12. The molecule has 0 amide bonds. The lowest BCUT2D eigenvalue weighted by atomic mass is 9.88. The second-order valence-electron chi connectivity index (χ2n) is 4.13. The Labute approximate surface area is 80.4 Å². The average molecular weight is 175 g/mol. The van der Waals surface area contributed by atoms with Gasteiger partial charge in [0.15, 0.2) is 0 Å². The van der Waals surface area contributed by atoms with Gasteiger partial charge in [0.2, 0.25) is 0 Å². The molecule has 1 atom stereocenters. The maximum Gasteiger partial charge on any atom is 0.0133 e. The second-order valence-corrected chi connectivity index (χ2v) is 4.13. The van der Waals surface area contributed by atoms with Crippen molar-refractivity contribution in [2.24, 2.45) is 0 Å². The predicted octanol–water partition coefficient (Wildman–Crippen LogP) is 2.11. The number of hydrogen-bond donors (Lipinski definition) is 0. The summed E-state index contributed by atoms with van der Waals surface area (Å²) in [7, 11) is 4.36. The molecule has 0 aliphatic heterocycles. The van der Waals surface area contributed by atoms with Gasteiger partial charge in [0, 0.05) is 6.04 Å². The molecule has 0 saturated carbocycles. The van der Waals surface area contributed by atoms with Crippen LogP contribution in [0.4, 0.5) is 0 Å². The van der Waals surface area contributed by atoms with Gasteiger partial charge in [0.05, 0.1) is 0 Å². The highest BCUT2D eigenvalue weighted by atomic mass is 15.1. The van der Waals surface area contributed by atoms with Crippen molar-refractivity contribution < 1.29 is 0 Å². The van der Waals surface area contributed by atoms with Crippen molar-refractivity contribution >= 4 is 0 Å². The Morgan fingerprint density at radius 2 is 1.85 bits per heavy atom. The molecular weight excluding hydrogens is 158 g/mol. The zero-order valence-electron chi connectivity index (χ0n) is 8.46. The van der Waals surface area contributed by atoms with E-state index in [9.17, 15) is 0 Å². The molecular formula is C12H17N. The molecule has 0 N–H and O–H groups in total. The minimum absolute atomic E-state index is 0.745. The smallest absolute Gasteiger partial charge is 0.0133 e. The maximum atomic E-state index is 2.34. The zero-order valence-corrected chi connectivity index (χ0v) is 8.46. The normalized spacial score (nSPS) is 21.6. The van der Waals surface area contributed by atoms with E-state index in [2.05, 4.69) is 43.3 Å². The van der Waals surface area contributed by atoms with Gasteiger partial charge in [-0.2, -0.15) is 0 Å². The number of likely N-dealkylation sites (N-methyl/N-ethyl adjacent to an activating group) is 1. The first-order valence-electron chi connectivity index (χ1n) is 5.00. The minimum atomic E-state index is 0.745. The standard InChI is InChI=1S/C12H17N/c1-13(2)12-8-7-10-5-3-4-6-11(10)9-12/h3-6,12H,7-9H2,1-2H3/t12-/m0/s1. The molecule has 1 aliphatic carbocycles. The van der Waals surface area contributed by atoms with Crippen LogP contribution >= 0.6 is 0 Å². The summed E-state index contributed by atoms with van der Waals surface area (Å²) in [5.74, 6) is 0. The molecule has 1 aliphatic rings. The number of aryl methyl sites for hydroxylation is 1. The first kappa shape index (κ1) is 8.76. The Bertz CT molecular complexity index is 291. The molecule has 0 unspecified atom stereocenters. The van der Waals surface area contributed by atoms with Crippen molar-refractivity contribution in [2.45, 2.75) is 25.3 Å². The third kappa shape index (κ3) is 1.75. The molecule has 0 bridgehead atoms. The summed E-state index contributed by atoms with van der Waals surface area (Å²) in [6.07, 6.45) is 3.78. The van der Waals surface area contributed by atoms with Crippen LogP contribution in [0.1, 0.15) is 17.5 Å². The summed E-state index contributed by atoms with van der Waals surface area (Å²) < 4.78 is 0. The van der Waals surface area contributed by atoms with Gasteiger partial charge in [-0.25, -0.2) is 0 Å². The third-order valence-corrected chi connectivity index (χ3v) is 3.05. The lowest BCUT2D eigenvalue weighted by Gasteiger charge is -2.29. The average Bonchev–Trinajstić information content (AvgIpc) is 2.17. The molecule has 2 rings (SSSR count). The van der Waals surface area contributed by atoms with E-state index >= 15 is 0 Å². The van der Waals surface area contributed by atoms with E-state index in [1.54, 1.807) is 11.1 Å². The second kappa shape index (κ2) is 3.51. The van der Waals surface area contributed by atoms with Gasteiger partial charge in [-0.1, -0.05) is 24.3 Å². The molecule has 0 spiro atoms. The molecule has 0 saturated heterocycles. The Balaban J connectivity index is 2.20. The Morgan fingerprint density at radius 3 is 2.54 bits per heavy atom. The molecule has 0 fully saturated rings. The monoisotopic (exact) mass is 175 g/mol. The molecule has 1 aromatic rings. The van der Waals surface area contributed by atoms with Gasteiger partial charge in [0.1, 0.15) is 0 Å². The topological polar surface area (TPSA) is 3.24 Å². The van der Waals surface area contributed by atoms with Crippen molar-refractivity contribution in [2.75, 3.05) is 14.1 Å². The fraction of sp³-hybridized carbons (Fsp3) is 0.500. The van der Waals surface area contributed by atoms with Crippen LogP contribution in [0.3, 0.4) is 0 Å². The lowest BCUT2D eigenvalue weighted by molar-refractivity contribution is 0.268. The van der Waals surface area contributed by atoms with E-state index in [1.807, 2.05) is 0 Å². The first-order chi connectivity index (χ1) is 6.27. The summed E-state index contributed by atoms with van der Waals surface area (Å²) in [4.78, 5) is 2.34. The molecule has 1 heteroatoms. The highest BCUT2D eigenvalue weighted by Gasteiger charge is 2.18. The highest BCUT2D eigenvalue weighted by molar-refractivity contribution is 5.30. The molecule has 0 aromatic heterocycles. The molecule has 1 aromatic carbocycles. The van der Waals surface area contributed by atoms with E-state index in [0.717, 1.165) is 6.04 Å². The molecule has 1 nitrogen and oxygen atoms in total. The zero-order chi connectivity index (χ0) is 9.26. The summed E-state index contributed by atoms with van der Waals surface area (Å²) >= 11 is 0. The van der Waals surface area contributed by atoms with Gasteiger partial charge in [-0.05, 0) is 44.5 Å². The van der Waals surface area contributed by atoms with Crippen molar-refractivity contribution in [1.29, 1.82) is 0 Å². The lowest BCUT2D eigenvalue weighted by Crippen LogP contribution is -2.33. The number of rotatable bonds is 1. The van der Waals surface area contributed by atoms with Crippen LogP contribution in [0.5, 0.6) is 0 Å². The van der Waals surface area contributed by atoms with Crippen molar-refractivity contribution in [3.63, 3.8) is 0 Å². The van der Waals surface area contributed by atoms with Gasteiger partial charge in [-0.15, -0.1) is 0 Å². The van der Waals surface area contributed by atoms with Gasteiger partial charge in [0.25, 0.3) is 0 Å². The molecule has 70 valence electrons. The summed E-state index contributed by atoms with van der Waals surface area (Å²) in [5.41, 5.74) is 3.10. The SMILES string of the molecule is CN(C)[C@H]1CCc2ccccc2C1. The van der Waals surface area contributed by atoms with Gasteiger partial charge in [-0.3, -0.25) is 0 Å². The van der Waals surface area contributed by atoms with Crippen LogP contribution in [0, 0.1) is 0 Å². The first-order valence-corrected chi connectivity index (χ1v) is 5.00. The van der Waals surface area contributed by atoms with Crippen molar-refractivity contribution in [3.05, 3.63) is 35.4 Å². The number of hydrogen-bond acceptors (Lipinski definition) is 1. The molecule has 0 radical (unpaired) electrons. The quantitative estimate of drug-likeness (QED) is 0.632. The predicted molar refractivity (Wildman–Crippen MR) is 55.9 cm³/mol. The van der Waals surface area contributed by atoms with Crippen LogP contribution in [0.25, 0.3) is 0 Å². The van der Waals surface area contributed by atoms with Crippen molar-refractivity contribution in [1.82, 2.24) is 4.90 Å². The van der Waals surface area contributed by atoms with E-state index in [1.165, 1.54) is 19.3 Å². The highest BCUT2D eigenvalue weighted by Crippen LogP contribution is 2.22. The van der Waals surface area contributed by atoms with Crippen molar-refractivity contribution in [3.8, 4) is 0 Å².